The van der Waals surface area contributed by atoms with Crippen LogP contribution in [0.3, 0.4) is 0 Å². The Balaban J connectivity index is 2.50. The van der Waals surface area contributed by atoms with E-state index in [-0.39, 0.29) is 23.7 Å². The number of ether oxygens (including phenoxy) is 1. The van der Waals surface area contributed by atoms with Gasteiger partial charge in [0.1, 0.15) is 0 Å². The van der Waals surface area contributed by atoms with Crippen LogP contribution < -0.4 is 5.32 Å². The Kier molecular flexibility index (Phi) is 3.28. The van der Waals surface area contributed by atoms with Gasteiger partial charge in [-0.15, -0.1) is 0 Å². The summed E-state index contributed by atoms with van der Waals surface area (Å²) in [5, 5.41) is 2.75. The van der Waals surface area contributed by atoms with E-state index >= 15 is 0 Å². The molecule has 74 valence electrons. The van der Waals surface area contributed by atoms with E-state index in [1.807, 2.05) is 6.92 Å². The molecule has 1 rings (SSSR count). The van der Waals surface area contributed by atoms with Crippen molar-refractivity contribution in [2.75, 3.05) is 13.7 Å². The number of rotatable bonds is 3. The lowest BCUT2D eigenvalue weighted by Gasteiger charge is -2.12. The summed E-state index contributed by atoms with van der Waals surface area (Å²) in [5.41, 5.74) is 0. The number of esters is 1. The van der Waals surface area contributed by atoms with Gasteiger partial charge in [-0.3, -0.25) is 9.59 Å². The lowest BCUT2D eigenvalue weighted by atomic mass is 9.90. The number of carbonyl (C=O) groups is 2. The maximum absolute atomic E-state index is 11.2. The van der Waals surface area contributed by atoms with Crippen LogP contribution in [0, 0.1) is 11.8 Å². The van der Waals surface area contributed by atoms with Crippen LogP contribution in [0.25, 0.3) is 0 Å². The average molecular weight is 185 g/mol. The molecule has 0 bridgehead atoms. The normalized spacial score (nSPS) is 27.1. The van der Waals surface area contributed by atoms with E-state index in [0.29, 0.717) is 13.0 Å². The Morgan fingerprint density at radius 1 is 1.69 bits per heavy atom. The molecule has 1 saturated heterocycles. The molecule has 2 atom stereocenters. The van der Waals surface area contributed by atoms with Crippen molar-refractivity contribution in [1.82, 2.24) is 5.32 Å². The van der Waals surface area contributed by atoms with E-state index in [1.54, 1.807) is 0 Å². The van der Waals surface area contributed by atoms with Crippen molar-refractivity contribution < 1.29 is 14.3 Å². The lowest BCUT2D eigenvalue weighted by Crippen LogP contribution is -2.20. The molecule has 4 nitrogen and oxygen atoms in total. The number of hydrogen-bond donors (Lipinski definition) is 1. The van der Waals surface area contributed by atoms with Crippen molar-refractivity contribution in [2.45, 2.75) is 19.8 Å². The number of methoxy groups -OCH3 is 1. The van der Waals surface area contributed by atoms with Crippen LogP contribution in [0.2, 0.25) is 0 Å². The van der Waals surface area contributed by atoms with E-state index in [1.165, 1.54) is 7.11 Å². The van der Waals surface area contributed by atoms with Crippen LogP contribution in [-0.4, -0.2) is 25.5 Å². The summed E-state index contributed by atoms with van der Waals surface area (Å²) in [4.78, 5) is 22.2. The minimum Gasteiger partial charge on any atom is -0.469 e. The summed E-state index contributed by atoms with van der Waals surface area (Å²) in [6, 6.07) is 0. The molecular weight excluding hydrogens is 170 g/mol. The van der Waals surface area contributed by atoms with E-state index < -0.39 is 0 Å². The molecule has 0 spiro atoms. The summed E-state index contributed by atoms with van der Waals surface area (Å²) in [6.07, 6.45) is 1.13. The van der Waals surface area contributed by atoms with Crippen LogP contribution in [0.5, 0.6) is 0 Å². The fourth-order valence-corrected chi connectivity index (χ4v) is 1.75. The third-order valence-electron chi connectivity index (χ3n) is 2.54. The zero-order valence-corrected chi connectivity index (χ0v) is 8.00. The molecule has 0 aliphatic carbocycles. The standard InChI is InChI=1S/C9H15NO3/c1-3-7-6(4-8(11)13-2)5-10-9(7)12/h6-7H,3-5H2,1-2H3,(H,10,12). The maximum atomic E-state index is 11.2. The second-order valence-corrected chi connectivity index (χ2v) is 3.30. The van der Waals surface area contributed by atoms with Gasteiger partial charge in [0.15, 0.2) is 0 Å². The molecule has 1 heterocycles. The van der Waals surface area contributed by atoms with Gasteiger partial charge in [-0.05, 0) is 12.3 Å². The molecule has 0 aromatic rings. The first-order valence-electron chi connectivity index (χ1n) is 4.53. The molecule has 13 heavy (non-hydrogen) atoms. The number of amides is 1. The maximum Gasteiger partial charge on any atom is 0.305 e. The molecule has 0 saturated carbocycles. The Hall–Kier alpha value is -1.06. The zero-order valence-electron chi connectivity index (χ0n) is 8.00. The van der Waals surface area contributed by atoms with E-state index in [4.69, 9.17) is 0 Å². The van der Waals surface area contributed by atoms with Gasteiger partial charge in [0.25, 0.3) is 0 Å². The van der Waals surface area contributed by atoms with Crippen LogP contribution >= 0.6 is 0 Å². The minimum atomic E-state index is -0.236. The summed E-state index contributed by atoms with van der Waals surface area (Å²) >= 11 is 0. The average Bonchev–Trinajstić information content (AvgIpc) is 2.46. The zero-order chi connectivity index (χ0) is 9.84. The number of hydrogen-bond acceptors (Lipinski definition) is 3. The van der Waals surface area contributed by atoms with Gasteiger partial charge in [0, 0.05) is 12.5 Å². The van der Waals surface area contributed by atoms with Crippen LogP contribution in [0.15, 0.2) is 0 Å². The molecule has 0 radical (unpaired) electrons. The second kappa shape index (κ2) is 4.25. The molecule has 1 aliphatic heterocycles. The van der Waals surface area contributed by atoms with Gasteiger partial charge in [0.2, 0.25) is 5.91 Å². The molecule has 2 unspecified atom stereocenters. The highest BCUT2D eigenvalue weighted by molar-refractivity contribution is 5.82. The van der Waals surface area contributed by atoms with Crippen LogP contribution in [0.4, 0.5) is 0 Å². The Labute approximate surface area is 77.6 Å². The van der Waals surface area contributed by atoms with E-state index in [0.717, 1.165) is 6.42 Å². The van der Waals surface area contributed by atoms with Crippen molar-refractivity contribution in [2.24, 2.45) is 11.8 Å². The molecule has 1 amide bonds. The molecule has 0 aromatic heterocycles. The summed E-state index contributed by atoms with van der Waals surface area (Å²) in [7, 11) is 1.37. The highest BCUT2D eigenvalue weighted by atomic mass is 16.5. The molecule has 4 heteroatoms. The summed E-state index contributed by atoms with van der Waals surface area (Å²) in [5.74, 6) is -0.0691. The van der Waals surface area contributed by atoms with Crippen LogP contribution in [-0.2, 0) is 14.3 Å². The van der Waals surface area contributed by atoms with Gasteiger partial charge < -0.3 is 10.1 Å². The van der Waals surface area contributed by atoms with E-state index in [9.17, 15) is 9.59 Å². The lowest BCUT2D eigenvalue weighted by molar-refractivity contribution is -0.142. The third-order valence-corrected chi connectivity index (χ3v) is 2.54. The first-order chi connectivity index (χ1) is 6.19. The highest BCUT2D eigenvalue weighted by Gasteiger charge is 2.34. The van der Waals surface area contributed by atoms with Crippen LogP contribution in [0.1, 0.15) is 19.8 Å². The smallest absolute Gasteiger partial charge is 0.305 e. The van der Waals surface area contributed by atoms with Crippen molar-refractivity contribution in [1.29, 1.82) is 0 Å². The minimum absolute atomic E-state index is 0.0147. The molecular formula is C9H15NO3. The Morgan fingerprint density at radius 2 is 2.38 bits per heavy atom. The van der Waals surface area contributed by atoms with Crippen molar-refractivity contribution in [3.63, 3.8) is 0 Å². The van der Waals surface area contributed by atoms with Gasteiger partial charge >= 0.3 is 5.97 Å². The van der Waals surface area contributed by atoms with E-state index in [2.05, 4.69) is 10.1 Å². The largest absolute Gasteiger partial charge is 0.469 e. The quantitative estimate of drug-likeness (QED) is 0.644. The Morgan fingerprint density at radius 3 is 2.92 bits per heavy atom. The fourth-order valence-electron chi connectivity index (χ4n) is 1.75. The SMILES string of the molecule is CCC1C(=O)NCC1CC(=O)OC. The van der Waals surface area contributed by atoms with Gasteiger partial charge in [-0.2, -0.15) is 0 Å². The van der Waals surface area contributed by atoms with Gasteiger partial charge in [-0.25, -0.2) is 0 Å². The van der Waals surface area contributed by atoms with Crippen molar-refractivity contribution in [3.05, 3.63) is 0 Å². The number of nitrogens with one attached hydrogen (secondary N) is 1. The predicted molar refractivity (Wildman–Crippen MR) is 46.9 cm³/mol. The van der Waals surface area contributed by atoms with Gasteiger partial charge in [-0.1, -0.05) is 6.92 Å². The Bertz CT molecular complexity index is 215. The second-order valence-electron chi connectivity index (χ2n) is 3.30. The monoisotopic (exact) mass is 185 g/mol. The first-order valence-corrected chi connectivity index (χ1v) is 4.53. The molecule has 1 fully saturated rings. The van der Waals surface area contributed by atoms with Crippen molar-refractivity contribution in [3.8, 4) is 0 Å². The highest BCUT2D eigenvalue weighted by Crippen LogP contribution is 2.24. The molecule has 1 aliphatic rings. The number of carbonyl (C=O) groups excluding carboxylic acids is 2. The fraction of sp³-hybridized carbons (Fsp3) is 0.778. The third kappa shape index (κ3) is 2.20. The topological polar surface area (TPSA) is 55.4 Å². The summed E-state index contributed by atoms with van der Waals surface area (Å²) < 4.78 is 4.56. The van der Waals surface area contributed by atoms with Gasteiger partial charge in [0.05, 0.1) is 13.5 Å². The first kappa shape index (κ1) is 10.0. The van der Waals surface area contributed by atoms with Crippen molar-refractivity contribution >= 4 is 11.9 Å². The predicted octanol–water partition coefficient (Wildman–Crippen LogP) is 0.322. The molecule has 0 aromatic carbocycles. The molecule has 1 N–H and O–H groups in total. The summed E-state index contributed by atoms with van der Waals surface area (Å²) in [6.45, 7) is 2.56.